The van der Waals surface area contributed by atoms with Crippen molar-refractivity contribution in [3.63, 3.8) is 0 Å². The van der Waals surface area contributed by atoms with Gasteiger partial charge in [0.2, 0.25) is 5.91 Å². The van der Waals surface area contributed by atoms with Crippen LogP contribution in [0, 0.1) is 13.8 Å². The molecule has 0 bridgehead atoms. The summed E-state index contributed by atoms with van der Waals surface area (Å²) in [6.07, 6.45) is 8.45. The lowest BCUT2D eigenvalue weighted by Gasteiger charge is -2.28. The van der Waals surface area contributed by atoms with E-state index in [0.29, 0.717) is 12.2 Å². The lowest BCUT2D eigenvalue weighted by atomic mass is 10.0. The van der Waals surface area contributed by atoms with Gasteiger partial charge >= 0.3 is 0 Å². The molecule has 7 heteroatoms. The highest BCUT2D eigenvalue weighted by Crippen LogP contribution is 2.27. The summed E-state index contributed by atoms with van der Waals surface area (Å²) in [4.78, 5) is 23.7. The Morgan fingerprint density at radius 2 is 1.48 bits per heavy atom. The molecule has 0 saturated heterocycles. The highest BCUT2D eigenvalue weighted by Gasteiger charge is 2.18. The Morgan fingerprint density at radius 3 is 1.93 bits per heavy atom. The van der Waals surface area contributed by atoms with E-state index in [2.05, 4.69) is 69.8 Å². The summed E-state index contributed by atoms with van der Waals surface area (Å²) >= 11 is 7.26. The van der Waals surface area contributed by atoms with Gasteiger partial charge in [0.1, 0.15) is 12.4 Å². The normalized spacial score (nSPS) is 11.5. The number of carbonyl (C=O) groups excluding carboxylic acids is 1. The number of hydrogen-bond acceptors (Lipinski definition) is 5. The first-order chi connectivity index (χ1) is 21.8. The molecule has 46 heavy (non-hydrogen) atoms. The van der Waals surface area contributed by atoms with Crippen LogP contribution < -0.4 is 0 Å². The van der Waals surface area contributed by atoms with E-state index in [1.54, 1.807) is 11.8 Å². The zero-order valence-corrected chi connectivity index (χ0v) is 31.0. The van der Waals surface area contributed by atoms with Crippen LogP contribution in [0.2, 0.25) is 5.02 Å². The van der Waals surface area contributed by atoms with Crippen molar-refractivity contribution in [2.45, 2.75) is 66.6 Å². The molecule has 5 nitrogen and oxygen atoms in total. The Hall–Kier alpha value is -3.48. The van der Waals surface area contributed by atoms with Gasteiger partial charge in [0.15, 0.2) is 0 Å². The molecule has 2 rings (SSSR count). The van der Waals surface area contributed by atoms with Crippen LogP contribution in [0.4, 0.5) is 0 Å². The molecule has 2 aromatic carbocycles. The second-order valence-electron chi connectivity index (χ2n) is 11.5. The number of nitrogens with zero attached hydrogens (tertiary/aromatic N) is 4. The van der Waals surface area contributed by atoms with Crippen LogP contribution in [0.15, 0.2) is 113 Å². The molecule has 0 aliphatic heterocycles. The minimum Gasteiger partial charge on any atom is -0.363 e. The van der Waals surface area contributed by atoms with E-state index in [1.165, 1.54) is 16.7 Å². The van der Waals surface area contributed by atoms with Crippen LogP contribution in [0.3, 0.4) is 0 Å². The number of benzene rings is 2. The maximum absolute atomic E-state index is 13.4. The number of rotatable bonds is 17. The molecule has 250 valence electrons. The van der Waals surface area contributed by atoms with Gasteiger partial charge in [0, 0.05) is 56.8 Å². The summed E-state index contributed by atoms with van der Waals surface area (Å²) in [7, 11) is 3.84. The molecule has 2 aromatic rings. The fraction of sp³-hybridized carbons (Fsp3) is 0.385. The van der Waals surface area contributed by atoms with Crippen molar-refractivity contribution in [2.75, 3.05) is 33.7 Å². The molecule has 0 radical (unpaired) electrons. The van der Waals surface area contributed by atoms with Crippen LogP contribution in [0.25, 0.3) is 0 Å². The molecule has 0 aliphatic carbocycles. The van der Waals surface area contributed by atoms with E-state index >= 15 is 0 Å². The van der Waals surface area contributed by atoms with E-state index in [-0.39, 0.29) is 12.5 Å². The van der Waals surface area contributed by atoms with Gasteiger partial charge < -0.3 is 14.7 Å². The van der Waals surface area contributed by atoms with E-state index in [4.69, 9.17) is 11.6 Å². The number of hydrogen-bond donors (Lipinski definition) is 0. The van der Waals surface area contributed by atoms with Crippen molar-refractivity contribution < 1.29 is 4.79 Å². The van der Waals surface area contributed by atoms with Gasteiger partial charge in [-0.05, 0) is 69.4 Å². The molecule has 0 unspecified atom stereocenters. The van der Waals surface area contributed by atoms with Crippen LogP contribution in [-0.2, 0) is 10.5 Å². The SMILES string of the molecule is C=C(C)/C(=C\N(CC(=O)N(CCC)CCC)C(=C)SCc1ccc(C)cc1)CC(/C=N\C(=C)N(C)C)=C/C.Cc1ccc(Cl)cc1. The molecule has 0 N–H and O–H groups in total. The zero-order valence-electron chi connectivity index (χ0n) is 29.4. The Bertz CT molecular complexity index is 1330. The first-order valence-electron chi connectivity index (χ1n) is 15.9. The predicted molar refractivity (Wildman–Crippen MR) is 204 cm³/mol. The van der Waals surface area contributed by atoms with Crippen LogP contribution in [0.5, 0.6) is 0 Å². The van der Waals surface area contributed by atoms with Crippen molar-refractivity contribution in [3.05, 3.63) is 130 Å². The van der Waals surface area contributed by atoms with Crippen molar-refractivity contribution in [3.8, 4) is 0 Å². The second-order valence-corrected chi connectivity index (χ2v) is 13.0. The lowest BCUT2D eigenvalue weighted by Crippen LogP contribution is -2.39. The molecule has 1 amide bonds. The van der Waals surface area contributed by atoms with Gasteiger partial charge in [0.25, 0.3) is 0 Å². The quantitative estimate of drug-likeness (QED) is 0.125. The van der Waals surface area contributed by atoms with Gasteiger partial charge in [-0.1, -0.05) is 104 Å². The molecule has 0 aliphatic rings. The molecule has 0 spiro atoms. The largest absolute Gasteiger partial charge is 0.363 e. The number of thioether (sulfide) groups is 1. The number of allylic oxidation sites excluding steroid dienone is 4. The molecular formula is C39H55ClN4OS. The summed E-state index contributed by atoms with van der Waals surface area (Å²) in [5.74, 6) is 1.58. The minimum absolute atomic E-state index is 0.109. The number of aliphatic imine (C=N–C) groups is 1. The highest BCUT2D eigenvalue weighted by molar-refractivity contribution is 8.02. The molecule has 0 saturated carbocycles. The van der Waals surface area contributed by atoms with Crippen LogP contribution in [-0.4, -0.2) is 60.6 Å². The summed E-state index contributed by atoms with van der Waals surface area (Å²) in [6.45, 7) is 26.7. The lowest BCUT2D eigenvalue weighted by molar-refractivity contribution is -0.131. The van der Waals surface area contributed by atoms with Crippen molar-refractivity contribution >= 4 is 35.5 Å². The third-order valence-corrected chi connectivity index (χ3v) is 8.32. The highest BCUT2D eigenvalue weighted by atomic mass is 35.5. The van der Waals surface area contributed by atoms with Gasteiger partial charge in [0.05, 0.1) is 5.03 Å². The van der Waals surface area contributed by atoms with Crippen LogP contribution in [0.1, 0.15) is 63.6 Å². The first-order valence-corrected chi connectivity index (χ1v) is 17.2. The van der Waals surface area contributed by atoms with E-state index in [9.17, 15) is 4.79 Å². The minimum atomic E-state index is 0.109. The fourth-order valence-corrected chi connectivity index (χ4v) is 4.96. The first kappa shape index (κ1) is 40.5. The standard InChI is InChI=1S/C32H48N4OS.C7H7Cl/c1-11-18-35(19-12-2)32(37)23-36(28(8)38-24-30-16-14-26(6)15-17-30)22-31(25(4)5)20-29(13-3)21-33-27(7)34(9)10;1-6-2-4-7(8)5-3-6/h13-17,21-22H,4,7-8,11-12,18-20,23-24H2,1-3,5-6,9-10H3;2-5H,1H3/b29-13-,31-22-,33-21-;. The van der Waals surface area contributed by atoms with Gasteiger partial charge in [-0.15, -0.1) is 11.8 Å². The molecule has 0 heterocycles. The number of aryl methyl sites for hydroxylation is 2. The van der Waals surface area contributed by atoms with Gasteiger partial charge in [-0.25, -0.2) is 4.99 Å². The third-order valence-electron chi connectivity index (χ3n) is 7.02. The third kappa shape index (κ3) is 16.2. The van der Waals surface area contributed by atoms with Crippen molar-refractivity contribution in [1.29, 1.82) is 0 Å². The molecular weight excluding hydrogens is 608 g/mol. The van der Waals surface area contributed by atoms with E-state index in [1.807, 2.05) is 92.3 Å². The van der Waals surface area contributed by atoms with Gasteiger partial charge in [-0.3, -0.25) is 4.79 Å². The van der Waals surface area contributed by atoms with Crippen molar-refractivity contribution in [1.82, 2.24) is 14.7 Å². The van der Waals surface area contributed by atoms with Gasteiger partial charge in [-0.2, -0.15) is 0 Å². The Kier molecular flexibility index (Phi) is 19.5. The fourth-order valence-electron chi connectivity index (χ4n) is 4.03. The number of halogens is 1. The average molecular weight is 663 g/mol. The molecule has 0 atom stereocenters. The summed E-state index contributed by atoms with van der Waals surface area (Å²) in [6, 6.07) is 16.3. The van der Waals surface area contributed by atoms with Crippen molar-refractivity contribution in [2.24, 2.45) is 4.99 Å². The Morgan fingerprint density at radius 1 is 0.935 bits per heavy atom. The smallest absolute Gasteiger partial charge is 0.242 e. The summed E-state index contributed by atoms with van der Waals surface area (Å²) < 4.78 is 0. The zero-order chi connectivity index (χ0) is 34.6. The predicted octanol–water partition coefficient (Wildman–Crippen LogP) is 10.2. The Balaban J connectivity index is 0.00000114. The monoisotopic (exact) mass is 662 g/mol. The number of amides is 1. The van der Waals surface area contributed by atoms with Crippen LogP contribution >= 0.6 is 23.4 Å². The average Bonchev–Trinajstić information content (AvgIpc) is 3.02. The maximum Gasteiger partial charge on any atom is 0.242 e. The molecule has 0 fully saturated rings. The topological polar surface area (TPSA) is 39.2 Å². The van der Waals surface area contributed by atoms with E-state index < -0.39 is 0 Å². The number of carbonyl (C=O) groups is 1. The van der Waals surface area contributed by atoms with E-state index in [0.717, 1.165) is 58.5 Å². The molecule has 0 aromatic heterocycles. The Labute approximate surface area is 289 Å². The summed E-state index contributed by atoms with van der Waals surface area (Å²) in [5, 5.41) is 1.64. The second kappa shape index (κ2) is 22.1. The maximum atomic E-state index is 13.4. The summed E-state index contributed by atoms with van der Waals surface area (Å²) in [5.41, 5.74) is 6.73.